The Kier molecular flexibility index (Phi) is 6.38. The summed E-state index contributed by atoms with van der Waals surface area (Å²) < 4.78 is 0. The lowest BCUT2D eigenvalue weighted by atomic mass is 10.2. The molecule has 3 aromatic carbocycles. The zero-order valence-corrected chi connectivity index (χ0v) is 17.9. The normalized spacial score (nSPS) is 10.7. The van der Waals surface area contributed by atoms with E-state index in [0.29, 0.717) is 27.2 Å². The topological polar surface area (TPSA) is 70.7 Å². The molecule has 8 heteroatoms. The van der Waals surface area contributed by atoms with Crippen molar-refractivity contribution in [3.63, 3.8) is 0 Å². The minimum Gasteiger partial charge on any atom is -0.322 e. The van der Waals surface area contributed by atoms with Crippen molar-refractivity contribution >= 4 is 46.6 Å². The van der Waals surface area contributed by atoms with Crippen LogP contribution in [0.1, 0.15) is 16.2 Å². The first-order valence-corrected chi connectivity index (χ1v) is 10.8. The molecule has 2 N–H and O–H groups in total. The summed E-state index contributed by atoms with van der Waals surface area (Å²) in [6.45, 7) is 0. The maximum atomic E-state index is 12.3. The Labute approximate surface area is 187 Å². The molecule has 4 rings (SSSR count). The summed E-state index contributed by atoms with van der Waals surface area (Å²) in [5, 5.41) is 11.4. The molecule has 4 aromatic rings. The molecular formula is C22H16Cl2N4OS. The number of rotatable bonds is 6. The maximum Gasteiger partial charge on any atom is 0.255 e. The third-order valence-corrected chi connectivity index (χ3v) is 5.76. The van der Waals surface area contributed by atoms with Gasteiger partial charge in [0.25, 0.3) is 5.91 Å². The molecule has 1 aromatic heterocycles. The molecule has 0 fully saturated rings. The van der Waals surface area contributed by atoms with Crippen molar-refractivity contribution in [2.45, 2.75) is 10.6 Å². The van der Waals surface area contributed by atoms with Crippen molar-refractivity contribution in [1.82, 2.24) is 15.2 Å². The van der Waals surface area contributed by atoms with Gasteiger partial charge < -0.3 is 5.32 Å². The molecule has 0 atom stereocenters. The van der Waals surface area contributed by atoms with Crippen LogP contribution in [0.2, 0.25) is 10.0 Å². The lowest BCUT2D eigenvalue weighted by Crippen LogP contribution is -2.11. The van der Waals surface area contributed by atoms with E-state index in [1.807, 2.05) is 48.5 Å². The number of nitrogens with one attached hydrogen (secondary N) is 2. The molecular weight excluding hydrogens is 439 g/mol. The minimum absolute atomic E-state index is 0.177. The van der Waals surface area contributed by atoms with Crippen LogP contribution in [0.25, 0.3) is 11.4 Å². The van der Waals surface area contributed by atoms with Gasteiger partial charge in [0.15, 0.2) is 5.82 Å². The summed E-state index contributed by atoms with van der Waals surface area (Å²) in [6, 6.07) is 21.8. The summed E-state index contributed by atoms with van der Waals surface area (Å²) in [5.74, 6) is 1.90. The number of carbonyl (C=O) groups is 1. The van der Waals surface area contributed by atoms with Gasteiger partial charge in [-0.25, -0.2) is 4.98 Å². The highest BCUT2D eigenvalue weighted by molar-refractivity contribution is 7.98. The zero-order chi connectivity index (χ0) is 20.9. The van der Waals surface area contributed by atoms with Gasteiger partial charge >= 0.3 is 0 Å². The Morgan fingerprint density at radius 3 is 2.20 bits per heavy atom. The SMILES string of the molecule is O=C(Nc1ccc(SCc2nc(-c3ccc(Cl)cc3)n[nH]2)cc1)c1ccc(Cl)cc1. The standard InChI is InChI=1S/C22H16Cl2N4OS/c23-16-5-1-14(2-6-16)21-26-20(27-28-21)13-30-19-11-9-18(10-12-19)25-22(29)15-3-7-17(24)8-4-15/h1-12H,13H2,(H,25,29)(H,26,27,28). The summed E-state index contributed by atoms with van der Waals surface area (Å²) in [6.07, 6.45) is 0. The molecule has 0 unspecified atom stereocenters. The maximum absolute atomic E-state index is 12.3. The quantitative estimate of drug-likeness (QED) is 0.334. The molecule has 150 valence electrons. The Hall–Kier alpha value is -2.80. The van der Waals surface area contributed by atoms with E-state index in [9.17, 15) is 4.79 Å². The molecule has 1 amide bonds. The van der Waals surface area contributed by atoms with Crippen molar-refractivity contribution in [1.29, 1.82) is 0 Å². The third-order valence-electron chi connectivity index (χ3n) is 4.23. The second-order valence-corrected chi connectivity index (χ2v) is 8.31. The highest BCUT2D eigenvalue weighted by atomic mass is 35.5. The molecule has 0 spiro atoms. The Bertz CT molecular complexity index is 1140. The fraction of sp³-hybridized carbons (Fsp3) is 0.0455. The van der Waals surface area contributed by atoms with E-state index in [0.717, 1.165) is 22.0 Å². The molecule has 1 heterocycles. The van der Waals surface area contributed by atoms with E-state index >= 15 is 0 Å². The average Bonchev–Trinajstić information content (AvgIpc) is 3.23. The molecule has 0 saturated carbocycles. The average molecular weight is 455 g/mol. The number of anilines is 1. The second-order valence-electron chi connectivity index (χ2n) is 6.39. The van der Waals surface area contributed by atoms with E-state index in [-0.39, 0.29) is 5.91 Å². The van der Waals surface area contributed by atoms with Gasteiger partial charge in [0.05, 0.1) is 5.75 Å². The molecule has 0 saturated heterocycles. The highest BCUT2D eigenvalue weighted by Gasteiger charge is 2.08. The van der Waals surface area contributed by atoms with E-state index in [4.69, 9.17) is 23.2 Å². The molecule has 0 aliphatic heterocycles. The first kappa shape index (κ1) is 20.5. The van der Waals surface area contributed by atoms with Gasteiger partial charge in [-0.2, -0.15) is 5.10 Å². The summed E-state index contributed by atoms with van der Waals surface area (Å²) in [7, 11) is 0. The van der Waals surface area contributed by atoms with E-state index in [1.165, 1.54) is 0 Å². The van der Waals surface area contributed by atoms with Gasteiger partial charge in [-0.1, -0.05) is 23.2 Å². The third kappa shape index (κ3) is 5.21. The molecule has 0 aliphatic rings. The zero-order valence-electron chi connectivity index (χ0n) is 15.6. The summed E-state index contributed by atoms with van der Waals surface area (Å²) in [4.78, 5) is 17.9. The number of aromatic nitrogens is 3. The van der Waals surface area contributed by atoms with Crippen molar-refractivity contribution < 1.29 is 4.79 Å². The van der Waals surface area contributed by atoms with Gasteiger partial charge in [0.2, 0.25) is 0 Å². The van der Waals surface area contributed by atoms with Crippen LogP contribution in [0, 0.1) is 0 Å². The number of aromatic amines is 1. The number of halogens is 2. The number of nitrogens with zero attached hydrogens (tertiary/aromatic N) is 2. The van der Waals surface area contributed by atoms with Gasteiger partial charge in [-0.3, -0.25) is 9.89 Å². The van der Waals surface area contributed by atoms with Crippen LogP contribution >= 0.6 is 35.0 Å². The smallest absolute Gasteiger partial charge is 0.255 e. The lowest BCUT2D eigenvalue weighted by molar-refractivity contribution is 0.102. The molecule has 5 nitrogen and oxygen atoms in total. The van der Waals surface area contributed by atoms with Crippen molar-refractivity contribution in [3.05, 3.63) is 94.2 Å². The number of H-pyrrole nitrogens is 1. The summed E-state index contributed by atoms with van der Waals surface area (Å²) >= 11 is 13.4. The van der Waals surface area contributed by atoms with Crippen LogP contribution in [0.5, 0.6) is 0 Å². The molecule has 30 heavy (non-hydrogen) atoms. The largest absolute Gasteiger partial charge is 0.322 e. The number of hydrogen-bond donors (Lipinski definition) is 2. The first-order valence-electron chi connectivity index (χ1n) is 9.04. The second kappa shape index (κ2) is 9.34. The molecule has 0 bridgehead atoms. The molecule has 0 aliphatic carbocycles. The van der Waals surface area contributed by atoms with Gasteiger partial charge in [0.1, 0.15) is 5.82 Å². The van der Waals surface area contributed by atoms with Crippen molar-refractivity contribution in [2.24, 2.45) is 0 Å². The summed E-state index contributed by atoms with van der Waals surface area (Å²) in [5.41, 5.74) is 2.19. The van der Waals surface area contributed by atoms with E-state index in [2.05, 4.69) is 20.5 Å². The van der Waals surface area contributed by atoms with Crippen LogP contribution in [0.4, 0.5) is 5.69 Å². The van der Waals surface area contributed by atoms with Crippen molar-refractivity contribution in [3.8, 4) is 11.4 Å². The first-order chi connectivity index (χ1) is 14.6. The Balaban J connectivity index is 1.33. The van der Waals surface area contributed by atoms with E-state index in [1.54, 1.807) is 36.0 Å². The lowest BCUT2D eigenvalue weighted by Gasteiger charge is -2.06. The van der Waals surface area contributed by atoms with Gasteiger partial charge in [-0.15, -0.1) is 11.8 Å². The van der Waals surface area contributed by atoms with Gasteiger partial charge in [-0.05, 0) is 72.8 Å². The highest BCUT2D eigenvalue weighted by Crippen LogP contribution is 2.25. The fourth-order valence-electron chi connectivity index (χ4n) is 2.68. The van der Waals surface area contributed by atoms with Crippen molar-refractivity contribution in [2.75, 3.05) is 5.32 Å². The van der Waals surface area contributed by atoms with Crippen LogP contribution in [0.15, 0.2) is 77.7 Å². The number of benzene rings is 3. The van der Waals surface area contributed by atoms with Gasteiger partial charge in [0, 0.05) is 31.8 Å². The predicted molar refractivity (Wildman–Crippen MR) is 122 cm³/mol. The number of hydrogen-bond acceptors (Lipinski definition) is 4. The van der Waals surface area contributed by atoms with Crippen LogP contribution in [-0.2, 0) is 5.75 Å². The monoisotopic (exact) mass is 454 g/mol. The number of carbonyl (C=O) groups excluding carboxylic acids is 1. The minimum atomic E-state index is -0.177. The van der Waals surface area contributed by atoms with Crippen LogP contribution < -0.4 is 5.32 Å². The fourth-order valence-corrected chi connectivity index (χ4v) is 3.69. The number of thioether (sulfide) groups is 1. The predicted octanol–water partition coefficient (Wildman–Crippen LogP) is 6.32. The van der Waals surface area contributed by atoms with Crippen LogP contribution in [-0.4, -0.2) is 21.1 Å². The molecule has 0 radical (unpaired) electrons. The van der Waals surface area contributed by atoms with E-state index < -0.39 is 0 Å². The van der Waals surface area contributed by atoms with Crippen LogP contribution in [0.3, 0.4) is 0 Å². The number of amides is 1. The Morgan fingerprint density at radius 2 is 1.53 bits per heavy atom. The Morgan fingerprint density at radius 1 is 0.900 bits per heavy atom.